The van der Waals surface area contributed by atoms with Crippen molar-refractivity contribution in [2.45, 2.75) is 20.0 Å². The van der Waals surface area contributed by atoms with Gasteiger partial charge in [-0.1, -0.05) is 31.2 Å². The largest absolute Gasteiger partial charge is 0.489 e. The van der Waals surface area contributed by atoms with Gasteiger partial charge in [0.2, 0.25) is 0 Å². The standard InChI is InChI=1S/C27H20F3NO3/c1-2-20-22(21(27(32)33)11-12-23(20)28)15-34-19-9-4-16(5-10-19)3-7-18-8-6-17-13-24(29)25(30)14-26(17)31-18/h3-14H,2,15H2,1H3,(H,32,33). The number of fused-ring (bicyclic) bond motifs is 1. The van der Waals surface area contributed by atoms with Gasteiger partial charge in [0.05, 0.1) is 16.8 Å². The maximum absolute atomic E-state index is 14.1. The monoisotopic (exact) mass is 463 g/mol. The Labute approximate surface area is 194 Å². The van der Waals surface area contributed by atoms with Gasteiger partial charge < -0.3 is 9.84 Å². The number of carbonyl (C=O) groups is 1. The smallest absolute Gasteiger partial charge is 0.336 e. The lowest BCUT2D eigenvalue weighted by Gasteiger charge is -2.14. The van der Waals surface area contributed by atoms with Crippen LogP contribution in [0.2, 0.25) is 0 Å². The molecule has 1 aromatic heterocycles. The molecule has 1 N–H and O–H groups in total. The predicted molar refractivity (Wildman–Crippen MR) is 124 cm³/mol. The van der Waals surface area contributed by atoms with Crippen LogP contribution < -0.4 is 4.74 Å². The fourth-order valence-corrected chi connectivity index (χ4v) is 3.65. The third-order valence-corrected chi connectivity index (χ3v) is 5.42. The fourth-order valence-electron chi connectivity index (χ4n) is 3.65. The normalized spacial score (nSPS) is 11.3. The lowest BCUT2D eigenvalue weighted by Crippen LogP contribution is -2.10. The summed E-state index contributed by atoms with van der Waals surface area (Å²) in [5.41, 5.74) is 2.43. The molecule has 1 heterocycles. The first kappa shape index (κ1) is 23.0. The zero-order chi connectivity index (χ0) is 24.2. The highest BCUT2D eigenvalue weighted by Crippen LogP contribution is 2.23. The molecule has 0 fully saturated rings. The molecule has 7 heteroatoms. The van der Waals surface area contributed by atoms with E-state index in [1.165, 1.54) is 6.07 Å². The van der Waals surface area contributed by atoms with Crippen molar-refractivity contribution in [2.24, 2.45) is 0 Å². The Morgan fingerprint density at radius 3 is 2.35 bits per heavy atom. The molecule has 0 amide bonds. The van der Waals surface area contributed by atoms with Gasteiger partial charge in [-0.25, -0.2) is 22.9 Å². The van der Waals surface area contributed by atoms with E-state index in [1.54, 1.807) is 49.4 Å². The van der Waals surface area contributed by atoms with Gasteiger partial charge in [-0.15, -0.1) is 0 Å². The van der Waals surface area contributed by atoms with E-state index < -0.39 is 23.4 Å². The van der Waals surface area contributed by atoms with Gasteiger partial charge in [-0.2, -0.15) is 0 Å². The summed E-state index contributed by atoms with van der Waals surface area (Å²) in [6.07, 6.45) is 3.90. The number of rotatable bonds is 7. The molecule has 0 aliphatic rings. The van der Waals surface area contributed by atoms with Crippen LogP contribution in [0.5, 0.6) is 5.75 Å². The van der Waals surface area contributed by atoms with Gasteiger partial charge in [0.1, 0.15) is 18.2 Å². The van der Waals surface area contributed by atoms with E-state index in [0.29, 0.717) is 39.9 Å². The molecule has 0 atom stereocenters. The van der Waals surface area contributed by atoms with Crippen LogP contribution in [0.25, 0.3) is 23.1 Å². The molecule has 4 nitrogen and oxygen atoms in total. The van der Waals surface area contributed by atoms with Crippen molar-refractivity contribution < 1.29 is 27.8 Å². The van der Waals surface area contributed by atoms with Crippen LogP contribution in [0.15, 0.2) is 60.7 Å². The number of benzene rings is 3. The number of hydrogen-bond donors (Lipinski definition) is 1. The third-order valence-electron chi connectivity index (χ3n) is 5.42. The Hall–Kier alpha value is -4.13. The molecule has 0 unspecified atom stereocenters. The predicted octanol–water partition coefficient (Wildman–Crippen LogP) is 6.66. The molecule has 172 valence electrons. The summed E-state index contributed by atoms with van der Waals surface area (Å²) in [5, 5.41) is 9.93. The summed E-state index contributed by atoms with van der Waals surface area (Å²) in [4.78, 5) is 15.8. The Morgan fingerprint density at radius 1 is 0.912 bits per heavy atom. The van der Waals surface area contributed by atoms with Crippen LogP contribution in [0.4, 0.5) is 13.2 Å². The number of halogens is 3. The van der Waals surface area contributed by atoms with Crippen LogP contribution in [0.3, 0.4) is 0 Å². The molecule has 0 aliphatic carbocycles. The minimum atomic E-state index is -1.14. The van der Waals surface area contributed by atoms with E-state index in [1.807, 2.05) is 6.08 Å². The second-order valence-corrected chi connectivity index (χ2v) is 7.60. The molecule has 0 spiro atoms. The number of carboxylic acid groups (broad SMARTS) is 1. The highest BCUT2D eigenvalue weighted by atomic mass is 19.2. The summed E-state index contributed by atoms with van der Waals surface area (Å²) < 4.78 is 46.7. The van der Waals surface area contributed by atoms with Gasteiger partial charge in [0, 0.05) is 17.0 Å². The lowest BCUT2D eigenvalue weighted by molar-refractivity contribution is 0.0693. The molecule has 0 aliphatic heterocycles. The first-order valence-electron chi connectivity index (χ1n) is 10.6. The topological polar surface area (TPSA) is 59.4 Å². The minimum Gasteiger partial charge on any atom is -0.489 e. The van der Waals surface area contributed by atoms with Gasteiger partial charge in [-0.05, 0) is 60.0 Å². The average molecular weight is 463 g/mol. The summed E-state index contributed by atoms with van der Waals surface area (Å²) in [6.45, 7) is 1.68. The lowest BCUT2D eigenvalue weighted by atomic mass is 9.99. The Bertz CT molecular complexity index is 1400. The first-order valence-corrected chi connectivity index (χ1v) is 10.6. The molecular weight excluding hydrogens is 443 g/mol. The highest BCUT2D eigenvalue weighted by molar-refractivity contribution is 5.89. The van der Waals surface area contributed by atoms with Crippen molar-refractivity contribution >= 4 is 29.0 Å². The molecule has 4 rings (SSSR count). The molecule has 0 saturated heterocycles. The number of carboxylic acids is 1. The van der Waals surface area contributed by atoms with Gasteiger partial charge >= 0.3 is 5.97 Å². The molecular formula is C27H20F3NO3. The second-order valence-electron chi connectivity index (χ2n) is 7.60. The van der Waals surface area contributed by atoms with E-state index in [-0.39, 0.29) is 12.2 Å². The van der Waals surface area contributed by atoms with Crippen molar-refractivity contribution in [1.82, 2.24) is 4.98 Å². The van der Waals surface area contributed by atoms with Crippen LogP contribution in [-0.4, -0.2) is 16.1 Å². The van der Waals surface area contributed by atoms with Crippen LogP contribution in [0.1, 0.15) is 39.7 Å². The number of hydrogen-bond acceptors (Lipinski definition) is 3. The maximum atomic E-state index is 14.1. The van der Waals surface area contributed by atoms with Crippen molar-refractivity contribution in [3.8, 4) is 5.75 Å². The van der Waals surface area contributed by atoms with E-state index in [4.69, 9.17) is 4.74 Å². The van der Waals surface area contributed by atoms with Crippen LogP contribution in [-0.2, 0) is 13.0 Å². The summed E-state index contributed by atoms with van der Waals surface area (Å²) in [6, 6.07) is 15.0. The zero-order valence-corrected chi connectivity index (χ0v) is 18.2. The minimum absolute atomic E-state index is 0.0170. The number of aromatic carboxylic acids is 1. The number of ether oxygens (including phenoxy) is 1. The van der Waals surface area contributed by atoms with Crippen molar-refractivity contribution in [2.75, 3.05) is 0 Å². The van der Waals surface area contributed by atoms with Crippen LogP contribution in [0, 0.1) is 17.5 Å². The SMILES string of the molecule is CCc1c(F)ccc(C(=O)O)c1COc1ccc(C=Cc2ccc3cc(F)c(F)cc3n2)cc1. The summed E-state index contributed by atoms with van der Waals surface area (Å²) in [5.74, 6) is -2.95. The summed E-state index contributed by atoms with van der Waals surface area (Å²) >= 11 is 0. The van der Waals surface area contributed by atoms with Gasteiger partial charge in [0.25, 0.3) is 0 Å². The number of aromatic nitrogens is 1. The second kappa shape index (κ2) is 9.79. The average Bonchev–Trinajstić information content (AvgIpc) is 2.82. The summed E-state index contributed by atoms with van der Waals surface area (Å²) in [7, 11) is 0. The zero-order valence-electron chi connectivity index (χ0n) is 18.2. The molecule has 0 saturated carbocycles. The molecule has 0 radical (unpaired) electrons. The maximum Gasteiger partial charge on any atom is 0.336 e. The van der Waals surface area contributed by atoms with Crippen LogP contribution >= 0.6 is 0 Å². The Balaban J connectivity index is 1.48. The van der Waals surface area contributed by atoms with E-state index in [9.17, 15) is 23.1 Å². The third kappa shape index (κ3) is 4.93. The Morgan fingerprint density at radius 2 is 1.65 bits per heavy atom. The number of nitrogens with zero attached hydrogens (tertiary/aromatic N) is 1. The quantitative estimate of drug-likeness (QED) is 0.333. The highest BCUT2D eigenvalue weighted by Gasteiger charge is 2.17. The van der Waals surface area contributed by atoms with E-state index in [0.717, 1.165) is 23.8 Å². The molecule has 4 aromatic rings. The fraction of sp³-hybridized carbons (Fsp3) is 0.111. The van der Waals surface area contributed by atoms with E-state index >= 15 is 0 Å². The van der Waals surface area contributed by atoms with Gasteiger partial charge in [0.15, 0.2) is 11.6 Å². The molecule has 3 aromatic carbocycles. The van der Waals surface area contributed by atoms with Crippen molar-refractivity contribution in [3.63, 3.8) is 0 Å². The van der Waals surface area contributed by atoms with Gasteiger partial charge in [-0.3, -0.25) is 0 Å². The van der Waals surface area contributed by atoms with E-state index in [2.05, 4.69) is 4.98 Å². The molecule has 34 heavy (non-hydrogen) atoms. The molecule has 0 bridgehead atoms. The Kier molecular flexibility index (Phi) is 6.63. The number of pyridine rings is 1. The van der Waals surface area contributed by atoms with Crippen molar-refractivity contribution in [1.29, 1.82) is 0 Å². The first-order chi connectivity index (χ1) is 16.4. The van der Waals surface area contributed by atoms with Crippen molar-refractivity contribution in [3.05, 3.63) is 106 Å².